The lowest BCUT2D eigenvalue weighted by Gasteiger charge is -2.10. The highest BCUT2D eigenvalue weighted by atomic mass is 32.1. The molecule has 3 rings (SSSR count). The summed E-state index contributed by atoms with van der Waals surface area (Å²) in [6.07, 6.45) is 4.06. The molecule has 0 unspecified atom stereocenters. The molecule has 0 amide bonds. The molecule has 2 N–H and O–H groups in total. The monoisotopic (exact) mass is 356 g/mol. The number of hydrogen-bond donors (Lipinski definition) is 2. The molecule has 0 aliphatic carbocycles. The Labute approximate surface area is 152 Å². The summed E-state index contributed by atoms with van der Waals surface area (Å²) >= 11 is 1.72. The Morgan fingerprint density at radius 2 is 2.08 bits per heavy atom. The summed E-state index contributed by atoms with van der Waals surface area (Å²) in [6.45, 7) is 10.3. The number of imidazole rings is 1. The van der Waals surface area contributed by atoms with Gasteiger partial charge in [-0.05, 0) is 45.4 Å². The number of hydrogen-bond acceptors (Lipinski definition) is 4. The maximum Gasteiger partial charge on any atom is 0.191 e. The number of nitrogens with zero attached hydrogens (tertiary/aromatic N) is 4. The van der Waals surface area contributed by atoms with Crippen LogP contribution < -0.4 is 10.6 Å². The molecule has 0 fully saturated rings. The predicted molar refractivity (Wildman–Crippen MR) is 103 cm³/mol. The first kappa shape index (κ1) is 17.4. The first-order valence-corrected chi connectivity index (χ1v) is 9.26. The second kappa shape index (κ2) is 7.65. The second-order valence-electron chi connectivity index (χ2n) is 5.99. The van der Waals surface area contributed by atoms with E-state index in [1.54, 1.807) is 11.3 Å². The number of guanidine groups is 1. The Bertz CT molecular complexity index is 892. The van der Waals surface area contributed by atoms with Gasteiger partial charge in [0.05, 0.1) is 29.5 Å². The minimum absolute atomic E-state index is 0.538. The van der Waals surface area contributed by atoms with Crippen molar-refractivity contribution in [3.8, 4) is 0 Å². The third-order valence-corrected chi connectivity index (χ3v) is 4.90. The van der Waals surface area contributed by atoms with E-state index in [4.69, 9.17) is 0 Å². The van der Waals surface area contributed by atoms with Crippen LogP contribution in [-0.2, 0) is 13.1 Å². The molecule has 3 aromatic heterocycles. The standard InChI is InChI=1S/C18H24N6S/c1-5-19-18(21-10-16-13(3)22-14(4)25-16)20-9-15-11-24-7-6-12(2)8-17(24)23-15/h6-8,11H,5,9-10H2,1-4H3,(H2,19,20,21). The number of aromatic nitrogens is 3. The highest BCUT2D eigenvalue weighted by molar-refractivity contribution is 7.11. The molecule has 6 nitrogen and oxygen atoms in total. The van der Waals surface area contributed by atoms with Crippen LogP contribution in [0, 0.1) is 20.8 Å². The van der Waals surface area contributed by atoms with Gasteiger partial charge in [0.25, 0.3) is 0 Å². The van der Waals surface area contributed by atoms with E-state index in [1.807, 2.05) is 30.6 Å². The van der Waals surface area contributed by atoms with Crippen LogP contribution in [0.1, 0.15) is 33.8 Å². The van der Waals surface area contributed by atoms with E-state index < -0.39 is 0 Å². The number of aryl methyl sites for hydroxylation is 3. The minimum Gasteiger partial charge on any atom is -0.357 e. The summed E-state index contributed by atoms with van der Waals surface area (Å²) < 4.78 is 2.03. The molecule has 3 heterocycles. The van der Waals surface area contributed by atoms with Gasteiger partial charge in [-0.1, -0.05) is 0 Å². The fourth-order valence-corrected chi connectivity index (χ4v) is 3.49. The molecule has 0 aliphatic rings. The molecule has 0 aromatic carbocycles. The van der Waals surface area contributed by atoms with Gasteiger partial charge in [-0.3, -0.25) is 0 Å². The molecule has 0 saturated carbocycles. The maximum absolute atomic E-state index is 4.66. The SMILES string of the molecule is CCNC(=NCc1cn2ccc(C)cc2n1)NCc1sc(C)nc1C. The smallest absolute Gasteiger partial charge is 0.191 e. The van der Waals surface area contributed by atoms with E-state index in [1.165, 1.54) is 10.4 Å². The number of pyridine rings is 1. The van der Waals surface area contributed by atoms with Crippen molar-refractivity contribution in [3.63, 3.8) is 0 Å². The number of nitrogens with one attached hydrogen (secondary N) is 2. The number of fused-ring (bicyclic) bond motifs is 1. The average Bonchev–Trinajstić information content (AvgIpc) is 3.11. The molecule has 132 valence electrons. The van der Waals surface area contributed by atoms with Gasteiger partial charge in [0.1, 0.15) is 5.65 Å². The molecule has 7 heteroatoms. The third-order valence-electron chi connectivity index (χ3n) is 3.82. The lowest BCUT2D eigenvalue weighted by molar-refractivity contribution is 0.816. The zero-order valence-electron chi connectivity index (χ0n) is 15.1. The van der Waals surface area contributed by atoms with Crippen LogP contribution in [-0.4, -0.2) is 26.9 Å². The van der Waals surface area contributed by atoms with E-state index in [-0.39, 0.29) is 0 Å². The Kier molecular flexibility index (Phi) is 5.33. The zero-order valence-corrected chi connectivity index (χ0v) is 15.9. The molecule has 0 aliphatic heterocycles. The van der Waals surface area contributed by atoms with Crippen LogP contribution >= 0.6 is 11.3 Å². The van der Waals surface area contributed by atoms with Crippen molar-refractivity contribution >= 4 is 22.9 Å². The number of rotatable bonds is 5. The lowest BCUT2D eigenvalue weighted by Crippen LogP contribution is -2.36. The summed E-state index contributed by atoms with van der Waals surface area (Å²) in [5.74, 6) is 0.793. The van der Waals surface area contributed by atoms with Crippen molar-refractivity contribution in [1.82, 2.24) is 25.0 Å². The Morgan fingerprint density at radius 1 is 1.24 bits per heavy atom. The first-order valence-electron chi connectivity index (χ1n) is 8.44. The summed E-state index contributed by atoms with van der Waals surface area (Å²) in [7, 11) is 0. The molecule has 0 spiro atoms. The normalized spacial score (nSPS) is 11.9. The molecule has 25 heavy (non-hydrogen) atoms. The molecule has 3 aromatic rings. The Morgan fingerprint density at radius 3 is 2.80 bits per heavy atom. The van der Waals surface area contributed by atoms with Gasteiger partial charge in [-0.15, -0.1) is 11.3 Å². The molecule has 0 atom stereocenters. The van der Waals surface area contributed by atoms with E-state index in [0.29, 0.717) is 6.54 Å². The largest absolute Gasteiger partial charge is 0.357 e. The van der Waals surface area contributed by atoms with Gasteiger partial charge in [0.15, 0.2) is 5.96 Å². The van der Waals surface area contributed by atoms with Crippen molar-refractivity contribution in [3.05, 3.63) is 51.4 Å². The van der Waals surface area contributed by atoms with E-state index in [9.17, 15) is 0 Å². The van der Waals surface area contributed by atoms with Crippen LogP contribution in [0.4, 0.5) is 0 Å². The highest BCUT2D eigenvalue weighted by Gasteiger charge is 2.06. The fourth-order valence-electron chi connectivity index (χ4n) is 2.62. The molecule has 0 saturated heterocycles. The van der Waals surface area contributed by atoms with Crippen LogP contribution in [0.3, 0.4) is 0 Å². The van der Waals surface area contributed by atoms with Crippen LogP contribution in [0.2, 0.25) is 0 Å². The Hall–Kier alpha value is -2.41. The van der Waals surface area contributed by atoms with Crippen molar-refractivity contribution < 1.29 is 0 Å². The highest BCUT2D eigenvalue weighted by Crippen LogP contribution is 2.16. The topological polar surface area (TPSA) is 66.6 Å². The summed E-state index contributed by atoms with van der Waals surface area (Å²) in [5, 5.41) is 7.75. The van der Waals surface area contributed by atoms with Gasteiger partial charge < -0.3 is 15.0 Å². The van der Waals surface area contributed by atoms with E-state index in [0.717, 1.165) is 41.1 Å². The zero-order chi connectivity index (χ0) is 17.8. The van der Waals surface area contributed by atoms with Crippen molar-refractivity contribution in [2.24, 2.45) is 4.99 Å². The fraction of sp³-hybridized carbons (Fsp3) is 0.389. The van der Waals surface area contributed by atoms with Crippen molar-refractivity contribution in [2.45, 2.75) is 40.8 Å². The maximum atomic E-state index is 4.66. The van der Waals surface area contributed by atoms with Crippen molar-refractivity contribution in [2.75, 3.05) is 6.54 Å². The molecule has 0 radical (unpaired) electrons. The van der Waals surface area contributed by atoms with Crippen LogP contribution in [0.25, 0.3) is 5.65 Å². The third kappa shape index (κ3) is 4.36. The minimum atomic E-state index is 0.538. The van der Waals surface area contributed by atoms with Gasteiger partial charge >= 0.3 is 0 Å². The quantitative estimate of drug-likeness (QED) is 0.545. The van der Waals surface area contributed by atoms with Crippen LogP contribution in [0.15, 0.2) is 29.5 Å². The Balaban J connectivity index is 1.69. The first-order chi connectivity index (χ1) is 12.0. The van der Waals surface area contributed by atoms with Crippen molar-refractivity contribution in [1.29, 1.82) is 0 Å². The molecular weight excluding hydrogens is 332 g/mol. The van der Waals surface area contributed by atoms with E-state index >= 15 is 0 Å². The van der Waals surface area contributed by atoms with Gasteiger partial charge in [0, 0.05) is 23.8 Å². The summed E-state index contributed by atoms with van der Waals surface area (Å²) in [4.78, 5) is 15.0. The van der Waals surface area contributed by atoms with Gasteiger partial charge in [0.2, 0.25) is 0 Å². The lowest BCUT2D eigenvalue weighted by atomic mass is 10.3. The predicted octanol–water partition coefficient (Wildman–Crippen LogP) is 2.97. The summed E-state index contributed by atoms with van der Waals surface area (Å²) in [6, 6.07) is 4.15. The van der Waals surface area contributed by atoms with E-state index in [2.05, 4.69) is 51.6 Å². The number of aliphatic imine (C=N–C) groups is 1. The van der Waals surface area contributed by atoms with Gasteiger partial charge in [-0.2, -0.15) is 0 Å². The molecular formula is C18H24N6S. The average molecular weight is 356 g/mol. The van der Waals surface area contributed by atoms with Crippen LogP contribution in [0.5, 0.6) is 0 Å². The number of thiazole rings is 1. The second-order valence-corrected chi connectivity index (χ2v) is 7.28. The molecule has 0 bridgehead atoms. The summed E-state index contributed by atoms with van der Waals surface area (Å²) in [5.41, 5.74) is 4.20. The van der Waals surface area contributed by atoms with Gasteiger partial charge in [-0.25, -0.2) is 15.0 Å².